The number of benzene rings is 4. The normalized spacial score (nSPS) is 15.5. The molecule has 4 aromatic carbocycles. The van der Waals surface area contributed by atoms with E-state index in [0.29, 0.717) is 56.7 Å². The molecule has 48 heavy (non-hydrogen) atoms. The van der Waals surface area contributed by atoms with Gasteiger partial charge in [-0.3, -0.25) is 14.5 Å². The summed E-state index contributed by atoms with van der Waals surface area (Å²) in [5.41, 5.74) is 2.80. The zero-order valence-electron chi connectivity index (χ0n) is 26.0. The Morgan fingerprint density at radius 3 is 2.38 bits per heavy atom. The van der Waals surface area contributed by atoms with Crippen molar-refractivity contribution >= 4 is 57.3 Å². The van der Waals surface area contributed by atoms with Crippen molar-refractivity contribution in [3.63, 3.8) is 0 Å². The third-order valence-corrected chi connectivity index (χ3v) is 9.88. The van der Waals surface area contributed by atoms with Gasteiger partial charge in [0.15, 0.2) is 15.8 Å². The van der Waals surface area contributed by atoms with Crippen LogP contribution in [0.1, 0.15) is 35.2 Å². The first-order valence-electron chi connectivity index (χ1n) is 15.0. The maximum absolute atomic E-state index is 13.8. The highest BCUT2D eigenvalue weighted by Gasteiger charge is 2.48. The Morgan fingerprint density at radius 1 is 0.917 bits per heavy atom. The summed E-state index contributed by atoms with van der Waals surface area (Å²) >= 11 is 8.65. The predicted molar refractivity (Wildman–Crippen MR) is 187 cm³/mol. The summed E-state index contributed by atoms with van der Waals surface area (Å²) < 4.78 is 17.9. The Bertz CT molecular complexity index is 1950. The highest BCUT2D eigenvalue weighted by molar-refractivity contribution is 8.00. The number of amides is 1. The molecule has 0 aliphatic carbocycles. The average Bonchev–Trinajstić information content (AvgIpc) is 3.69. The van der Waals surface area contributed by atoms with E-state index in [2.05, 4.69) is 10.2 Å². The molecule has 1 fully saturated rings. The van der Waals surface area contributed by atoms with E-state index in [-0.39, 0.29) is 16.5 Å². The minimum atomic E-state index is -1.03. The number of ether oxygens (including phenoxy) is 3. The SMILES string of the molecule is CCOc1ccc(/C(O)=C2/C(=O)C(=O)N(c3nnc(SCc4ccc(Cl)cc4)s3)C2c2ccc(OCc3ccccc3)c(OC)c2)cc1. The minimum Gasteiger partial charge on any atom is -0.507 e. The van der Waals surface area contributed by atoms with Gasteiger partial charge in [0.25, 0.3) is 5.78 Å². The summed E-state index contributed by atoms with van der Waals surface area (Å²) in [6.07, 6.45) is 0. The molecule has 1 saturated heterocycles. The van der Waals surface area contributed by atoms with Gasteiger partial charge < -0.3 is 19.3 Å². The first kappa shape index (κ1) is 33.1. The number of carbonyl (C=O) groups is 2. The third kappa shape index (κ3) is 7.18. The van der Waals surface area contributed by atoms with Crippen LogP contribution in [-0.4, -0.2) is 40.7 Å². The van der Waals surface area contributed by atoms with E-state index in [0.717, 1.165) is 11.1 Å². The van der Waals surface area contributed by atoms with Gasteiger partial charge in [-0.05, 0) is 72.1 Å². The van der Waals surface area contributed by atoms with Gasteiger partial charge in [0.2, 0.25) is 5.13 Å². The van der Waals surface area contributed by atoms with Crippen molar-refractivity contribution in [2.75, 3.05) is 18.6 Å². The van der Waals surface area contributed by atoms with Crippen LogP contribution in [-0.2, 0) is 21.9 Å². The average molecular weight is 700 g/mol. The summed E-state index contributed by atoms with van der Waals surface area (Å²) in [5, 5.41) is 21.1. The molecule has 12 heteroatoms. The molecule has 1 aromatic heterocycles. The van der Waals surface area contributed by atoms with Gasteiger partial charge in [-0.15, -0.1) is 10.2 Å². The lowest BCUT2D eigenvalue weighted by Crippen LogP contribution is -2.29. The lowest BCUT2D eigenvalue weighted by Gasteiger charge is -2.23. The van der Waals surface area contributed by atoms with Crippen LogP contribution < -0.4 is 19.1 Å². The molecular formula is C36H30ClN3O6S2. The third-order valence-electron chi connectivity index (χ3n) is 7.50. The predicted octanol–water partition coefficient (Wildman–Crippen LogP) is 8.10. The van der Waals surface area contributed by atoms with Gasteiger partial charge in [0.1, 0.15) is 18.1 Å². The van der Waals surface area contributed by atoms with Crippen LogP contribution in [0.3, 0.4) is 0 Å². The molecule has 1 N–H and O–H groups in total. The zero-order valence-corrected chi connectivity index (χ0v) is 28.3. The number of ketones is 1. The standard InChI is InChI=1S/C36H30ClN3O6S2/c1-3-45-27-16-11-24(12-17-27)32(41)30-31(25-13-18-28(29(19-25)44-2)46-20-22-7-5-4-6-8-22)40(34(43)33(30)42)35-38-39-36(48-35)47-21-23-9-14-26(37)15-10-23/h4-19,31,41H,3,20-21H2,1-2H3/b32-30-. The molecule has 244 valence electrons. The van der Waals surface area contributed by atoms with Crippen LogP contribution in [0.2, 0.25) is 5.02 Å². The first-order chi connectivity index (χ1) is 23.4. The quantitative estimate of drug-likeness (QED) is 0.0454. The Morgan fingerprint density at radius 2 is 1.67 bits per heavy atom. The molecule has 0 bridgehead atoms. The van der Waals surface area contributed by atoms with Crippen LogP contribution in [0.25, 0.3) is 5.76 Å². The number of Topliss-reactive ketones (excluding diaryl/α,β-unsaturated/α-hetero) is 1. The minimum absolute atomic E-state index is 0.0882. The lowest BCUT2D eigenvalue weighted by molar-refractivity contribution is -0.132. The topological polar surface area (TPSA) is 111 Å². The summed E-state index contributed by atoms with van der Waals surface area (Å²) in [6, 6.07) is 28.0. The van der Waals surface area contributed by atoms with Crippen LogP contribution >= 0.6 is 34.7 Å². The molecule has 2 heterocycles. The Hall–Kier alpha value is -4.84. The molecule has 1 aliphatic heterocycles. The molecule has 0 radical (unpaired) electrons. The van der Waals surface area contributed by atoms with Gasteiger partial charge in [0, 0.05) is 16.3 Å². The smallest absolute Gasteiger partial charge is 0.301 e. The number of nitrogens with zero attached hydrogens (tertiary/aromatic N) is 3. The van der Waals surface area contributed by atoms with Crippen molar-refractivity contribution in [1.82, 2.24) is 10.2 Å². The number of hydrogen-bond acceptors (Lipinski definition) is 10. The Balaban J connectivity index is 1.37. The van der Waals surface area contributed by atoms with E-state index in [1.165, 1.54) is 35.1 Å². The van der Waals surface area contributed by atoms with Crippen molar-refractivity contribution in [2.24, 2.45) is 0 Å². The second-order valence-corrected chi connectivity index (χ2v) is 13.2. The molecule has 9 nitrogen and oxygen atoms in total. The fourth-order valence-corrected chi connectivity index (χ4v) is 7.12. The number of aliphatic hydroxyl groups excluding tert-OH is 1. The van der Waals surface area contributed by atoms with Crippen molar-refractivity contribution in [1.29, 1.82) is 0 Å². The fourth-order valence-electron chi connectivity index (χ4n) is 5.17. The number of hydrogen-bond donors (Lipinski definition) is 1. The lowest BCUT2D eigenvalue weighted by atomic mass is 9.95. The maximum Gasteiger partial charge on any atom is 0.301 e. The number of aromatic nitrogens is 2. The van der Waals surface area contributed by atoms with Gasteiger partial charge in [-0.2, -0.15) is 0 Å². The highest BCUT2D eigenvalue weighted by atomic mass is 35.5. The van der Waals surface area contributed by atoms with Gasteiger partial charge in [-0.1, -0.05) is 83.2 Å². The van der Waals surface area contributed by atoms with Crippen molar-refractivity contribution in [3.05, 3.63) is 130 Å². The number of halogens is 1. The van der Waals surface area contributed by atoms with E-state index in [9.17, 15) is 14.7 Å². The largest absolute Gasteiger partial charge is 0.507 e. The van der Waals surface area contributed by atoms with Crippen LogP contribution in [0, 0.1) is 0 Å². The van der Waals surface area contributed by atoms with Crippen molar-refractivity contribution < 1.29 is 28.9 Å². The zero-order chi connectivity index (χ0) is 33.6. The van der Waals surface area contributed by atoms with E-state index < -0.39 is 17.7 Å². The van der Waals surface area contributed by atoms with Crippen molar-refractivity contribution in [3.8, 4) is 17.2 Å². The van der Waals surface area contributed by atoms with Gasteiger partial charge in [0.05, 0.1) is 25.3 Å². The molecule has 5 aromatic rings. The summed E-state index contributed by atoms with van der Waals surface area (Å²) in [7, 11) is 1.51. The number of thioether (sulfide) groups is 1. The monoisotopic (exact) mass is 699 g/mol. The molecule has 6 rings (SSSR count). The molecule has 1 unspecified atom stereocenters. The van der Waals surface area contributed by atoms with E-state index in [1.807, 2.05) is 61.5 Å². The highest BCUT2D eigenvalue weighted by Crippen LogP contribution is 2.46. The summed E-state index contributed by atoms with van der Waals surface area (Å²) in [4.78, 5) is 28.8. The number of methoxy groups -OCH3 is 1. The van der Waals surface area contributed by atoms with Crippen LogP contribution in [0.4, 0.5) is 5.13 Å². The Labute approximate surface area is 290 Å². The Kier molecular flexibility index (Phi) is 10.3. The van der Waals surface area contributed by atoms with Crippen LogP contribution in [0.5, 0.6) is 17.2 Å². The fraction of sp³-hybridized carbons (Fsp3) is 0.167. The molecular weight excluding hydrogens is 670 g/mol. The van der Waals surface area contributed by atoms with Gasteiger partial charge >= 0.3 is 5.91 Å². The van der Waals surface area contributed by atoms with E-state index in [1.54, 1.807) is 42.5 Å². The molecule has 1 amide bonds. The maximum atomic E-state index is 13.8. The first-order valence-corrected chi connectivity index (χ1v) is 17.1. The van der Waals surface area contributed by atoms with Crippen molar-refractivity contribution in [2.45, 2.75) is 29.7 Å². The van der Waals surface area contributed by atoms with E-state index in [4.69, 9.17) is 25.8 Å². The molecule has 1 aliphatic rings. The number of anilines is 1. The second kappa shape index (κ2) is 14.9. The summed E-state index contributed by atoms with van der Waals surface area (Å²) in [5.74, 6) is 0.0833. The molecule has 0 spiro atoms. The second-order valence-electron chi connectivity index (χ2n) is 10.6. The number of aliphatic hydroxyl groups is 1. The number of rotatable bonds is 12. The molecule has 0 saturated carbocycles. The molecule has 1 atom stereocenters. The number of carbonyl (C=O) groups excluding carboxylic acids is 2. The van der Waals surface area contributed by atoms with Crippen LogP contribution in [0.15, 0.2) is 107 Å². The van der Waals surface area contributed by atoms with Gasteiger partial charge in [-0.25, -0.2) is 0 Å². The van der Waals surface area contributed by atoms with E-state index >= 15 is 0 Å². The summed E-state index contributed by atoms with van der Waals surface area (Å²) in [6.45, 7) is 2.66.